The van der Waals surface area contributed by atoms with E-state index in [2.05, 4.69) is 75.5 Å². The van der Waals surface area contributed by atoms with Crippen LogP contribution < -0.4 is 38.4 Å². The first-order valence-corrected chi connectivity index (χ1v) is 15.9. The Bertz CT molecular complexity index is 1450. The van der Waals surface area contributed by atoms with Crippen LogP contribution in [0.3, 0.4) is 0 Å². The SMILES string of the molecule is COC1=CC=C2C(=C[NH+]3CCc4cc5c(cc4C3=C2Cc2ccc(C(C)(C)C)cc2)OCO5)C1OCCCCCCCl.[I-]. The number of rotatable bonds is 10. The van der Waals surface area contributed by atoms with Crippen LogP contribution in [-0.4, -0.2) is 39.0 Å². The van der Waals surface area contributed by atoms with Gasteiger partial charge in [-0.05, 0) is 58.7 Å². The topological polar surface area (TPSA) is 41.4 Å². The number of unbranched alkanes of at least 4 members (excludes halogenated alkanes) is 3. The molecule has 0 saturated carbocycles. The monoisotopic (exact) mass is 715 g/mol. The van der Waals surface area contributed by atoms with Gasteiger partial charge in [-0.1, -0.05) is 64.0 Å². The smallest absolute Gasteiger partial charge is 0.231 e. The Kier molecular flexibility index (Phi) is 10.3. The summed E-state index contributed by atoms with van der Waals surface area (Å²) in [5.74, 6) is 3.28. The van der Waals surface area contributed by atoms with Crippen LogP contribution in [0.4, 0.5) is 0 Å². The molecule has 0 radical (unpaired) electrons. The predicted octanol–water partition coefficient (Wildman–Crippen LogP) is 3.66. The standard InChI is InChI=1S/C36H42ClNO4.HI/c1-36(2,3)26-11-9-24(10-12-26)19-29-27-13-14-31(39-4)35(40-18-8-6-5-7-16-37)30(27)22-38-17-15-25-20-32-33(42-23-41-32)21-28(25)34(29)38;/h9-14,20-22,35H,5-8,15-19,23H2,1-4H3;1H. The Morgan fingerprint density at radius 1 is 0.977 bits per heavy atom. The highest BCUT2D eigenvalue weighted by molar-refractivity contribution is 6.17. The second-order valence-corrected chi connectivity index (χ2v) is 13.1. The van der Waals surface area contributed by atoms with Crippen LogP contribution in [0.5, 0.6) is 11.5 Å². The molecule has 2 aromatic rings. The van der Waals surface area contributed by atoms with Crippen molar-refractivity contribution in [3.05, 3.63) is 99.5 Å². The summed E-state index contributed by atoms with van der Waals surface area (Å²) in [5.41, 5.74) is 10.5. The predicted molar refractivity (Wildman–Crippen MR) is 168 cm³/mol. The quantitative estimate of drug-likeness (QED) is 0.232. The van der Waals surface area contributed by atoms with Crippen molar-refractivity contribution in [2.75, 3.05) is 32.9 Å². The molecular weight excluding hydrogens is 673 g/mol. The number of ether oxygens (including phenoxy) is 4. The summed E-state index contributed by atoms with van der Waals surface area (Å²) in [7, 11) is 1.75. The zero-order valence-electron chi connectivity index (χ0n) is 25.7. The van der Waals surface area contributed by atoms with Crippen molar-refractivity contribution >= 4 is 17.3 Å². The lowest BCUT2D eigenvalue weighted by molar-refractivity contribution is -0.771. The van der Waals surface area contributed by atoms with Crippen molar-refractivity contribution in [3.63, 3.8) is 0 Å². The van der Waals surface area contributed by atoms with Crippen LogP contribution >= 0.6 is 11.6 Å². The Morgan fingerprint density at radius 2 is 1.72 bits per heavy atom. The molecule has 2 unspecified atom stereocenters. The molecule has 0 bridgehead atoms. The van der Waals surface area contributed by atoms with Gasteiger partial charge in [0.05, 0.1) is 13.7 Å². The fourth-order valence-corrected chi connectivity index (χ4v) is 6.68. The third-order valence-corrected chi connectivity index (χ3v) is 9.09. The number of alkyl halides is 1. The number of quaternary nitrogens is 1. The number of nitrogens with one attached hydrogen (secondary N) is 1. The number of benzene rings is 2. The molecule has 0 amide bonds. The van der Waals surface area contributed by atoms with Gasteiger partial charge in [-0.15, -0.1) is 11.6 Å². The normalized spacial score (nSPS) is 20.3. The van der Waals surface area contributed by atoms with Crippen molar-refractivity contribution < 1.29 is 47.8 Å². The first-order valence-electron chi connectivity index (χ1n) is 15.3. The molecule has 5 nitrogen and oxygen atoms in total. The van der Waals surface area contributed by atoms with Crippen LogP contribution in [0.15, 0.2) is 77.2 Å². The van der Waals surface area contributed by atoms with E-state index in [0.29, 0.717) is 6.61 Å². The molecule has 0 fully saturated rings. The molecule has 2 atom stereocenters. The molecule has 1 aliphatic carbocycles. The molecule has 0 aromatic heterocycles. The molecular formula is C36H43ClINO4. The van der Waals surface area contributed by atoms with Crippen molar-refractivity contribution in [2.45, 2.75) is 70.8 Å². The van der Waals surface area contributed by atoms with Crippen molar-refractivity contribution in [3.8, 4) is 11.5 Å². The van der Waals surface area contributed by atoms with Gasteiger partial charge in [-0.2, -0.15) is 0 Å². The highest BCUT2D eigenvalue weighted by Gasteiger charge is 2.40. The molecule has 3 aliphatic heterocycles. The first-order chi connectivity index (χ1) is 20.4. The minimum absolute atomic E-state index is 0. The summed E-state index contributed by atoms with van der Waals surface area (Å²) >= 11 is 5.88. The van der Waals surface area contributed by atoms with Crippen LogP contribution in [0.2, 0.25) is 0 Å². The van der Waals surface area contributed by atoms with Gasteiger partial charge in [-0.3, -0.25) is 4.90 Å². The molecule has 230 valence electrons. The minimum atomic E-state index is -0.214. The van der Waals surface area contributed by atoms with Crippen molar-refractivity contribution in [2.24, 2.45) is 0 Å². The Hall–Kier alpha value is -2.26. The molecule has 3 heterocycles. The molecule has 4 aliphatic rings. The van der Waals surface area contributed by atoms with Gasteiger partial charge >= 0.3 is 0 Å². The molecule has 2 aromatic carbocycles. The Morgan fingerprint density at radius 3 is 2.44 bits per heavy atom. The van der Waals surface area contributed by atoms with Gasteiger partial charge < -0.3 is 42.9 Å². The zero-order chi connectivity index (χ0) is 29.3. The van der Waals surface area contributed by atoms with Gasteiger partial charge in [0.15, 0.2) is 11.5 Å². The van der Waals surface area contributed by atoms with E-state index in [1.807, 2.05) is 0 Å². The average molecular weight is 716 g/mol. The lowest BCUT2D eigenvalue weighted by Crippen LogP contribution is -3.06. The summed E-state index contributed by atoms with van der Waals surface area (Å²) in [6.07, 6.45) is 12.6. The van der Waals surface area contributed by atoms with E-state index < -0.39 is 0 Å². The average Bonchev–Trinajstić information content (AvgIpc) is 3.44. The molecule has 43 heavy (non-hydrogen) atoms. The van der Waals surface area contributed by atoms with Crippen molar-refractivity contribution in [1.82, 2.24) is 0 Å². The van der Waals surface area contributed by atoms with E-state index in [-0.39, 0.29) is 42.3 Å². The maximum absolute atomic E-state index is 6.59. The van der Waals surface area contributed by atoms with Crippen molar-refractivity contribution in [1.29, 1.82) is 0 Å². The van der Waals surface area contributed by atoms with Crippen LogP contribution in [0, 0.1) is 0 Å². The number of hydrogen-bond acceptors (Lipinski definition) is 4. The van der Waals surface area contributed by atoms with Gasteiger partial charge in [0.25, 0.3) is 0 Å². The number of halogens is 2. The number of hydrogen-bond donors (Lipinski definition) is 1. The summed E-state index contributed by atoms with van der Waals surface area (Å²) < 4.78 is 24.0. The molecule has 0 saturated heterocycles. The second-order valence-electron chi connectivity index (χ2n) is 12.7. The van der Waals surface area contributed by atoms with Gasteiger partial charge in [0.1, 0.15) is 23.8 Å². The molecule has 0 spiro atoms. The largest absolute Gasteiger partial charge is 1.00 e. The fraction of sp³-hybridized carbons (Fsp3) is 0.444. The number of methoxy groups -OCH3 is 1. The lowest BCUT2D eigenvalue weighted by atomic mass is 9.79. The lowest BCUT2D eigenvalue weighted by Gasteiger charge is -2.36. The third-order valence-electron chi connectivity index (χ3n) is 8.82. The number of allylic oxidation sites excluding steroid dienone is 3. The van der Waals surface area contributed by atoms with Crippen LogP contribution in [0.1, 0.15) is 68.7 Å². The van der Waals surface area contributed by atoms with Gasteiger partial charge in [0.2, 0.25) is 6.79 Å². The van der Waals surface area contributed by atoms with E-state index in [4.69, 9.17) is 30.5 Å². The summed E-state index contributed by atoms with van der Waals surface area (Å²) in [6, 6.07) is 13.5. The Labute approximate surface area is 278 Å². The number of fused-ring (bicyclic) bond motifs is 5. The molecule has 6 rings (SSSR count). The highest BCUT2D eigenvalue weighted by Crippen LogP contribution is 2.43. The highest BCUT2D eigenvalue weighted by atomic mass is 127. The van der Waals surface area contributed by atoms with E-state index in [0.717, 1.165) is 68.2 Å². The Balaban J connectivity index is 0.00000368. The van der Waals surface area contributed by atoms with E-state index in [9.17, 15) is 0 Å². The zero-order valence-corrected chi connectivity index (χ0v) is 28.6. The maximum atomic E-state index is 6.59. The van der Waals surface area contributed by atoms with E-state index >= 15 is 0 Å². The third kappa shape index (κ3) is 6.73. The minimum Gasteiger partial charge on any atom is -1.00 e. The van der Waals surface area contributed by atoms with Gasteiger partial charge in [0, 0.05) is 42.0 Å². The van der Waals surface area contributed by atoms with E-state index in [1.165, 1.54) is 49.6 Å². The molecule has 7 heteroatoms. The second kappa shape index (κ2) is 13.8. The summed E-state index contributed by atoms with van der Waals surface area (Å²) in [5, 5.41) is 0. The van der Waals surface area contributed by atoms with Crippen LogP contribution in [0.25, 0.3) is 5.70 Å². The van der Waals surface area contributed by atoms with E-state index in [1.54, 1.807) is 7.11 Å². The molecule has 1 N–H and O–H groups in total. The first kappa shape index (κ1) is 32.1. The summed E-state index contributed by atoms with van der Waals surface area (Å²) in [6.45, 7) is 8.74. The van der Waals surface area contributed by atoms with Crippen LogP contribution in [-0.2, 0) is 27.7 Å². The van der Waals surface area contributed by atoms with Gasteiger partial charge in [-0.25, -0.2) is 0 Å². The summed E-state index contributed by atoms with van der Waals surface area (Å²) in [4.78, 5) is 1.36. The maximum Gasteiger partial charge on any atom is 0.231 e. The fourth-order valence-electron chi connectivity index (χ4n) is 6.49.